The van der Waals surface area contributed by atoms with Crippen molar-refractivity contribution in [2.45, 2.75) is 60.3 Å². The van der Waals surface area contributed by atoms with E-state index in [2.05, 4.69) is 52.9 Å². The van der Waals surface area contributed by atoms with Gasteiger partial charge in [0, 0.05) is 5.69 Å². The zero-order valence-corrected chi connectivity index (χ0v) is 12.5. The molecule has 0 aliphatic heterocycles. The molecule has 0 aliphatic carbocycles. The van der Waals surface area contributed by atoms with Crippen LogP contribution in [0.5, 0.6) is 0 Å². The van der Waals surface area contributed by atoms with Crippen molar-refractivity contribution in [3.05, 3.63) is 28.6 Å². The average Bonchev–Trinajstić information content (AvgIpc) is 2.61. The lowest BCUT2D eigenvalue weighted by molar-refractivity contribution is 0.792. The molecule has 0 radical (unpaired) electrons. The fourth-order valence-corrected chi connectivity index (χ4v) is 2.49. The lowest BCUT2D eigenvalue weighted by atomic mass is 10.0. The van der Waals surface area contributed by atoms with Crippen LogP contribution in [0, 0.1) is 20.8 Å². The predicted octanol–water partition coefficient (Wildman–Crippen LogP) is 3.90. The molecule has 2 rings (SSSR count). The summed E-state index contributed by atoms with van der Waals surface area (Å²) in [5.74, 6) is 1.91. The van der Waals surface area contributed by atoms with Gasteiger partial charge in [-0.05, 0) is 32.6 Å². The minimum absolute atomic E-state index is 0.417. The Labute approximate surface area is 109 Å². The van der Waals surface area contributed by atoms with E-state index in [1.165, 1.54) is 22.6 Å². The molecule has 0 atom stereocenters. The van der Waals surface area contributed by atoms with Crippen LogP contribution < -0.4 is 0 Å². The molecule has 0 aromatic carbocycles. The van der Waals surface area contributed by atoms with Crippen LogP contribution in [0.15, 0.2) is 0 Å². The molecular weight excluding hydrogens is 222 g/mol. The monoisotopic (exact) mass is 245 g/mol. The quantitative estimate of drug-likeness (QED) is 0.803. The summed E-state index contributed by atoms with van der Waals surface area (Å²) in [6.45, 7) is 15.1. The summed E-state index contributed by atoms with van der Waals surface area (Å²) in [4.78, 5) is 9.55. The second kappa shape index (κ2) is 4.38. The summed E-state index contributed by atoms with van der Waals surface area (Å²) in [6, 6.07) is 0. The summed E-state index contributed by atoms with van der Waals surface area (Å²) in [6.07, 6.45) is 0. The van der Waals surface area contributed by atoms with E-state index < -0.39 is 0 Å². The third-order valence-corrected chi connectivity index (χ3v) is 3.56. The van der Waals surface area contributed by atoms with Crippen molar-refractivity contribution >= 4 is 5.52 Å². The SMILES string of the molecule is Cc1nc(C(C)C)c2c(C(C)C)nc(C)n2c1C. The Morgan fingerprint density at radius 1 is 0.833 bits per heavy atom. The van der Waals surface area contributed by atoms with Gasteiger partial charge >= 0.3 is 0 Å². The molecule has 0 saturated carbocycles. The molecule has 0 unspecified atom stereocenters. The second-order valence-corrected chi connectivity index (χ2v) is 5.71. The van der Waals surface area contributed by atoms with Gasteiger partial charge in [0.25, 0.3) is 0 Å². The number of rotatable bonds is 2. The zero-order chi connectivity index (χ0) is 13.6. The molecule has 0 bridgehead atoms. The van der Waals surface area contributed by atoms with Crippen molar-refractivity contribution in [3.8, 4) is 0 Å². The van der Waals surface area contributed by atoms with Gasteiger partial charge in [0.15, 0.2) is 0 Å². The van der Waals surface area contributed by atoms with E-state index in [9.17, 15) is 0 Å². The topological polar surface area (TPSA) is 30.2 Å². The maximum atomic E-state index is 4.80. The van der Waals surface area contributed by atoms with Gasteiger partial charge in [-0.25, -0.2) is 4.98 Å². The van der Waals surface area contributed by atoms with Crippen LogP contribution in [0.1, 0.15) is 68.1 Å². The van der Waals surface area contributed by atoms with E-state index in [1.807, 2.05) is 0 Å². The van der Waals surface area contributed by atoms with Crippen LogP contribution in [0.3, 0.4) is 0 Å². The predicted molar refractivity (Wildman–Crippen MR) is 75.4 cm³/mol. The summed E-state index contributed by atoms with van der Waals surface area (Å²) in [5.41, 5.74) is 5.86. The molecule has 18 heavy (non-hydrogen) atoms. The first-order valence-electron chi connectivity index (χ1n) is 6.70. The molecule has 0 aliphatic rings. The Bertz CT molecular complexity index is 592. The maximum absolute atomic E-state index is 4.80. The van der Waals surface area contributed by atoms with Gasteiger partial charge in [-0.3, -0.25) is 9.38 Å². The van der Waals surface area contributed by atoms with Gasteiger partial charge in [-0.1, -0.05) is 27.7 Å². The Hall–Kier alpha value is -1.38. The summed E-state index contributed by atoms with van der Waals surface area (Å²) in [7, 11) is 0. The van der Waals surface area contributed by atoms with Gasteiger partial charge < -0.3 is 0 Å². The highest BCUT2D eigenvalue weighted by Crippen LogP contribution is 2.29. The first-order chi connectivity index (χ1) is 8.34. The molecule has 2 heterocycles. The Balaban J connectivity index is 2.97. The molecule has 3 heteroatoms. The lowest BCUT2D eigenvalue weighted by Gasteiger charge is -2.14. The number of aryl methyl sites for hydroxylation is 3. The number of hydrogen-bond donors (Lipinski definition) is 0. The minimum atomic E-state index is 0.417. The van der Waals surface area contributed by atoms with Crippen LogP contribution in [0.4, 0.5) is 0 Å². The Morgan fingerprint density at radius 3 is 1.83 bits per heavy atom. The first kappa shape index (κ1) is 13.1. The molecular formula is C15H23N3. The highest BCUT2D eigenvalue weighted by atomic mass is 15.1. The molecule has 98 valence electrons. The number of hydrogen-bond acceptors (Lipinski definition) is 2. The molecule has 2 aromatic rings. The number of imidazole rings is 1. The van der Waals surface area contributed by atoms with Gasteiger partial charge in [0.2, 0.25) is 0 Å². The second-order valence-electron chi connectivity index (χ2n) is 5.71. The van der Waals surface area contributed by atoms with Gasteiger partial charge in [0.1, 0.15) is 5.82 Å². The Morgan fingerprint density at radius 2 is 1.33 bits per heavy atom. The molecule has 2 aromatic heterocycles. The average molecular weight is 245 g/mol. The van der Waals surface area contributed by atoms with Crippen LogP contribution in [-0.2, 0) is 0 Å². The van der Waals surface area contributed by atoms with Crippen LogP contribution >= 0.6 is 0 Å². The third kappa shape index (κ3) is 1.82. The largest absolute Gasteiger partial charge is 0.297 e. The van der Waals surface area contributed by atoms with E-state index in [-0.39, 0.29) is 0 Å². The standard InChI is InChI=1S/C15H23N3/c1-8(2)13-15-14(9(3)4)17-12(7)18(15)11(6)10(5)16-13/h8-9H,1-7H3. The summed E-state index contributed by atoms with van der Waals surface area (Å²) in [5, 5.41) is 0. The summed E-state index contributed by atoms with van der Waals surface area (Å²) >= 11 is 0. The van der Waals surface area contributed by atoms with E-state index in [0.29, 0.717) is 11.8 Å². The Kier molecular flexibility index (Phi) is 3.18. The fraction of sp³-hybridized carbons (Fsp3) is 0.600. The van der Waals surface area contributed by atoms with E-state index in [0.717, 1.165) is 11.5 Å². The molecule has 0 spiro atoms. The van der Waals surface area contributed by atoms with E-state index in [1.54, 1.807) is 0 Å². The van der Waals surface area contributed by atoms with Crippen molar-refractivity contribution in [2.75, 3.05) is 0 Å². The molecule has 0 amide bonds. The molecule has 0 fully saturated rings. The van der Waals surface area contributed by atoms with Crippen LogP contribution in [0.2, 0.25) is 0 Å². The van der Waals surface area contributed by atoms with Crippen LogP contribution in [-0.4, -0.2) is 14.4 Å². The van der Waals surface area contributed by atoms with Crippen molar-refractivity contribution in [3.63, 3.8) is 0 Å². The number of aromatic nitrogens is 3. The van der Waals surface area contributed by atoms with Crippen molar-refractivity contribution in [2.24, 2.45) is 0 Å². The molecule has 0 saturated heterocycles. The molecule has 0 N–H and O–H groups in total. The highest BCUT2D eigenvalue weighted by molar-refractivity contribution is 5.61. The summed E-state index contributed by atoms with van der Waals surface area (Å²) < 4.78 is 2.27. The normalized spacial score (nSPS) is 12.1. The lowest BCUT2D eigenvalue weighted by Crippen LogP contribution is -2.07. The van der Waals surface area contributed by atoms with Crippen molar-refractivity contribution in [1.82, 2.24) is 14.4 Å². The van der Waals surface area contributed by atoms with E-state index >= 15 is 0 Å². The highest BCUT2D eigenvalue weighted by Gasteiger charge is 2.20. The number of fused-ring (bicyclic) bond motifs is 1. The maximum Gasteiger partial charge on any atom is 0.110 e. The van der Waals surface area contributed by atoms with E-state index in [4.69, 9.17) is 9.97 Å². The van der Waals surface area contributed by atoms with Gasteiger partial charge in [0.05, 0.1) is 22.6 Å². The van der Waals surface area contributed by atoms with Crippen LogP contribution in [0.25, 0.3) is 5.52 Å². The fourth-order valence-electron chi connectivity index (χ4n) is 2.49. The first-order valence-corrected chi connectivity index (χ1v) is 6.70. The van der Waals surface area contributed by atoms with Crippen molar-refractivity contribution in [1.29, 1.82) is 0 Å². The van der Waals surface area contributed by atoms with Gasteiger partial charge in [-0.15, -0.1) is 0 Å². The van der Waals surface area contributed by atoms with Crippen molar-refractivity contribution < 1.29 is 0 Å². The smallest absolute Gasteiger partial charge is 0.110 e. The zero-order valence-electron chi connectivity index (χ0n) is 12.5. The van der Waals surface area contributed by atoms with Gasteiger partial charge in [-0.2, -0.15) is 0 Å². The third-order valence-electron chi connectivity index (χ3n) is 3.56. The minimum Gasteiger partial charge on any atom is -0.297 e. The number of nitrogens with zero attached hydrogens (tertiary/aromatic N) is 3. The molecule has 3 nitrogen and oxygen atoms in total.